The summed E-state index contributed by atoms with van der Waals surface area (Å²) in [5.41, 5.74) is 2.09. The summed E-state index contributed by atoms with van der Waals surface area (Å²) in [5, 5.41) is 6.54. The Kier molecular flexibility index (Phi) is 5.50. The van der Waals surface area contributed by atoms with Crippen molar-refractivity contribution in [1.82, 2.24) is 10.6 Å². The number of aryl methyl sites for hydroxylation is 1. The molecule has 122 valence electrons. The molecule has 0 radical (unpaired) electrons. The molecule has 2 unspecified atom stereocenters. The van der Waals surface area contributed by atoms with E-state index >= 15 is 0 Å². The highest BCUT2D eigenvalue weighted by atomic mass is 79.9. The summed E-state index contributed by atoms with van der Waals surface area (Å²) in [4.78, 5) is 11.9. The molecule has 22 heavy (non-hydrogen) atoms. The number of carbonyl (C=O) groups excluding carboxylic acids is 1. The number of rotatable bonds is 2. The smallest absolute Gasteiger partial charge is 0.407 e. The highest BCUT2D eigenvalue weighted by Crippen LogP contribution is 2.28. The largest absolute Gasteiger partial charge is 0.444 e. The second kappa shape index (κ2) is 7.01. The molecule has 0 spiro atoms. The first kappa shape index (κ1) is 17.3. The summed E-state index contributed by atoms with van der Waals surface area (Å²) in [6.07, 6.45) is 1.47. The van der Waals surface area contributed by atoms with Gasteiger partial charge in [-0.1, -0.05) is 22.0 Å². The minimum absolute atomic E-state index is 0.143. The molecule has 2 rings (SSSR count). The lowest BCUT2D eigenvalue weighted by atomic mass is 9.91. The van der Waals surface area contributed by atoms with Crippen molar-refractivity contribution in [2.45, 2.75) is 58.2 Å². The zero-order valence-electron chi connectivity index (χ0n) is 13.7. The first-order valence-corrected chi connectivity index (χ1v) is 8.53. The third-order valence-electron chi connectivity index (χ3n) is 3.73. The number of hydrogen-bond acceptors (Lipinski definition) is 3. The van der Waals surface area contributed by atoms with Crippen LogP contribution in [-0.2, 0) is 4.74 Å². The third-order valence-corrected chi connectivity index (χ3v) is 4.23. The Morgan fingerprint density at radius 3 is 2.77 bits per heavy atom. The Hall–Kier alpha value is -1.07. The molecule has 2 atom stereocenters. The van der Waals surface area contributed by atoms with Crippen LogP contribution in [0, 0.1) is 6.92 Å². The molecule has 0 aliphatic carbocycles. The highest BCUT2D eigenvalue weighted by molar-refractivity contribution is 9.10. The molecule has 0 bridgehead atoms. The topological polar surface area (TPSA) is 50.4 Å². The van der Waals surface area contributed by atoms with E-state index in [4.69, 9.17) is 4.74 Å². The van der Waals surface area contributed by atoms with Crippen LogP contribution in [0.1, 0.15) is 50.8 Å². The van der Waals surface area contributed by atoms with Gasteiger partial charge in [0.15, 0.2) is 0 Å². The molecule has 1 fully saturated rings. The van der Waals surface area contributed by atoms with Crippen molar-refractivity contribution in [2.75, 3.05) is 6.54 Å². The third kappa shape index (κ3) is 4.99. The van der Waals surface area contributed by atoms with Crippen molar-refractivity contribution in [3.63, 3.8) is 0 Å². The number of benzene rings is 1. The zero-order chi connectivity index (χ0) is 16.3. The minimum atomic E-state index is -0.460. The van der Waals surface area contributed by atoms with Gasteiger partial charge >= 0.3 is 6.09 Å². The van der Waals surface area contributed by atoms with Gasteiger partial charge in [-0.15, -0.1) is 0 Å². The molecule has 1 heterocycles. The minimum Gasteiger partial charge on any atom is -0.444 e. The maximum absolute atomic E-state index is 11.9. The molecular weight excluding hydrogens is 344 g/mol. The molecule has 0 saturated carbocycles. The fraction of sp³-hybridized carbons (Fsp3) is 0.588. The lowest BCUT2D eigenvalue weighted by Gasteiger charge is -2.32. The molecule has 1 aliphatic heterocycles. The molecule has 1 aromatic carbocycles. The molecule has 2 N–H and O–H groups in total. The van der Waals surface area contributed by atoms with Crippen molar-refractivity contribution in [1.29, 1.82) is 0 Å². The Labute approximate surface area is 141 Å². The Morgan fingerprint density at radius 1 is 1.41 bits per heavy atom. The van der Waals surface area contributed by atoms with Gasteiger partial charge in [0.1, 0.15) is 5.60 Å². The maximum Gasteiger partial charge on any atom is 0.407 e. The first-order valence-electron chi connectivity index (χ1n) is 7.73. The van der Waals surface area contributed by atoms with Gasteiger partial charge in [-0.25, -0.2) is 4.79 Å². The van der Waals surface area contributed by atoms with Crippen molar-refractivity contribution in [3.8, 4) is 0 Å². The molecule has 1 amide bonds. The SMILES string of the molecule is Cc1cc(Br)ccc1C1CC(NC(=O)OC(C)(C)C)CCN1. The van der Waals surface area contributed by atoms with Gasteiger partial charge < -0.3 is 15.4 Å². The molecule has 1 aliphatic rings. The van der Waals surface area contributed by atoms with Crippen LogP contribution < -0.4 is 10.6 Å². The van der Waals surface area contributed by atoms with Gasteiger partial charge in [-0.2, -0.15) is 0 Å². The van der Waals surface area contributed by atoms with E-state index in [-0.39, 0.29) is 18.2 Å². The van der Waals surface area contributed by atoms with Crippen LogP contribution in [-0.4, -0.2) is 24.3 Å². The number of alkyl carbamates (subject to hydrolysis) is 1. The normalized spacial score (nSPS) is 22.2. The molecule has 5 heteroatoms. The fourth-order valence-corrected chi connectivity index (χ4v) is 3.27. The second-order valence-electron chi connectivity index (χ2n) is 6.88. The summed E-state index contributed by atoms with van der Waals surface area (Å²) < 4.78 is 6.43. The number of hydrogen-bond donors (Lipinski definition) is 2. The standard InChI is InChI=1S/C17H25BrN2O2/c1-11-9-12(18)5-6-14(11)15-10-13(7-8-19-15)20-16(21)22-17(2,3)4/h5-6,9,13,15,19H,7-8,10H2,1-4H3,(H,20,21). The quantitative estimate of drug-likeness (QED) is 0.826. The molecular formula is C17H25BrN2O2. The van der Waals surface area contributed by atoms with Crippen LogP contribution in [0.3, 0.4) is 0 Å². The zero-order valence-corrected chi connectivity index (χ0v) is 15.3. The van der Waals surface area contributed by atoms with Crippen molar-refractivity contribution in [3.05, 3.63) is 33.8 Å². The van der Waals surface area contributed by atoms with Crippen LogP contribution in [0.2, 0.25) is 0 Å². The Balaban J connectivity index is 1.98. The van der Waals surface area contributed by atoms with Crippen molar-refractivity contribution in [2.24, 2.45) is 0 Å². The number of amides is 1. The van der Waals surface area contributed by atoms with Crippen LogP contribution in [0.25, 0.3) is 0 Å². The monoisotopic (exact) mass is 368 g/mol. The van der Waals surface area contributed by atoms with Crippen LogP contribution >= 0.6 is 15.9 Å². The average molecular weight is 369 g/mol. The van der Waals surface area contributed by atoms with Gasteiger partial charge in [-0.3, -0.25) is 0 Å². The van der Waals surface area contributed by atoms with E-state index in [1.54, 1.807) is 0 Å². The Bertz CT molecular complexity index is 540. The van der Waals surface area contributed by atoms with Crippen molar-refractivity contribution < 1.29 is 9.53 Å². The predicted molar refractivity (Wildman–Crippen MR) is 92.0 cm³/mol. The summed E-state index contributed by atoms with van der Waals surface area (Å²) >= 11 is 3.50. The maximum atomic E-state index is 11.9. The predicted octanol–water partition coefficient (Wildman–Crippen LogP) is 4.08. The lowest BCUT2D eigenvalue weighted by molar-refractivity contribution is 0.0490. The van der Waals surface area contributed by atoms with E-state index in [2.05, 4.69) is 51.7 Å². The number of ether oxygens (including phenoxy) is 1. The molecule has 4 nitrogen and oxygen atoms in total. The summed E-state index contributed by atoms with van der Waals surface area (Å²) in [6, 6.07) is 6.75. The van der Waals surface area contributed by atoms with Gasteiger partial charge in [0.2, 0.25) is 0 Å². The van der Waals surface area contributed by atoms with Gasteiger partial charge in [-0.05, 0) is 70.3 Å². The first-order chi connectivity index (χ1) is 10.2. The van der Waals surface area contributed by atoms with Gasteiger partial charge in [0.05, 0.1) is 0 Å². The Morgan fingerprint density at radius 2 is 2.14 bits per heavy atom. The van der Waals surface area contributed by atoms with Gasteiger partial charge in [0, 0.05) is 16.6 Å². The number of carbonyl (C=O) groups is 1. The number of piperidine rings is 1. The van der Waals surface area contributed by atoms with Crippen LogP contribution in [0.4, 0.5) is 4.79 Å². The summed E-state index contributed by atoms with van der Waals surface area (Å²) in [7, 11) is 0. The van der Waals surface area contributed by atoms with E-state index in [9.17, 15) is 4.79 Å². The summed E-state index contributed by atoms with van der Waals surface area (Å²) in [6.45, 7) is 8.64. The molecule has 1 saturated heterocycles. The average Bonchev–Trinajstić information content (AvgIpc) is 2.36. The van der Waals surface area contributed by atoms with E-state index in [0.717, 1.165) is 23.9 Å². The summed E-state index contributed by atoms with van der Waals surface area (Å²) in [5.74, 6) is 0. The lowest BCUT2D eigenvalue weighted by Crippen LogP contribution is -2.45. The van der Waals surface area contributed by atoms with E-state index < -0.39 is 5.60 Å². The molecule has 1 aromatic rings. The molecule has 0 aromatic heterocycles. The fourth-order valence-electron chi connectivity index (χ4n) is 2.79. The second-order valence-corrected chi connectivity index (χ2v) is 7.79. The van der Waals surface area contributed by atoms with Crippen LogP contribution in [0.5, 0.6) is 0 Å². The van der Waals surface area contributed by atoms with Crippen LogP contribution in [0.15, 0.2) is 22.7 Å². The number of halogens is 1. The van der Waals surface area contributed by atoms with Gasteiger partial charge in [0.25, 0.3) is 0 Å². The highest BCUT2D eigenvalue weighted by Gasteiger charge is 2.26. The van der Waals surface area contributed by atoms with Crippen molar-refractivity contribution >= 4 is 22.0 Å². The van der Waals surface area contributed by atoms with E-state index in [1.165, 1.54) is 11.1 Å². The number of nitrogens with one attached hydrogen (secondary N) is 2. The van der Waals surface area contributed by atoms with E-state index in [0.29, 0.717) is 0 Å². The van der Waals surface area contributed by atoms with E-state index in [1.807, 2.05) is 20.8 Å².